The fourth-order valence-corrected chi connectivity index (χ4v) is 4.47. The Hall–Kier alpha value is -0.670. The molecule has 1 saturated heterocycles. The van der Waals surface area contributed by atoms with Crippen molar-refractivity contribution < 1.29 is 4.74 Å². The standard InChI is InChI=1S/C16H23NOS/c1-12-10-13(17)4-5-15(12)19-11-14-6-9-16(18-14)7-2-3-8-16/h4-5,10,14H,2-3,6-9,11,17H2,1H3. The number of thioether (sulfide) groups is 1. The Balaban J connectivity index is 1.55. The molecule has 1 spiro atoms. The van der Waals surface area contributed by atoms with Gasteiger partial charge in [0.15, 0.2) is 0 Å². The topological polar surface area (TPSA) is 35.2 Å². The fraction of sp³-hybridized carbons (Fsp3) is 0.625. The Morgan fingerprint density at radius 2 is 2.11 bits per heavy atom. The smallest absolute Gasteiger partial charge is 0.0687 e. The van der Waals surface area contributed by atoms with Crippen LogP contribution in [0.3, 0.4) is 0 Å². The zero-order valence-electron chi connectivity index (χ0n) is 11.7. The SMILES string of the molecule is Cc1cc(N)ccc1SCC1CCC2(CCCC2)O1. The number of anilines is 1. The number of benzene rings is 1. The largest absolute Gasteiger partial charge is 0.399 e. The monoisotopic (exact) mass is 277 g/mol. The Morgan fingerprint density at radius 3 is 2.84 bits per heavy atom. The Morgan fingerprint density at radius 1 is 1.32 bits per heavy atom. The van der Waals surface area contributed by atoms with Crippen LogP contribution >= 0.6 is 11.8 Å². The predicted octanol–water partition coefficient (Wildman–Crippen LogP) is 4.16. The van der Waals surface area contributed by atoms with Gasteiger partial charge < -0.3 is 10.5 Å². The molecule has 0 aromatic heterocycles. The maximum absolute atomic E-state index is 6.35. The summed E-state index contributed by atoms with van der Waals surface area (Å²) in [5.41, 5.74) is 8.18. The normalized spacial score (nSPS) is 25.2. The summed E-state index contributed by atoms with van der Waals surface area (Å²) >= 11 is 1.91. The molecule has 2 fully saturated rings. The van der Waals surface area contributed by atoms with Gasteiger partial charge in [0.05, 0.1) is 11.7 Å². The number of nitrogen functional groups attached to an aromatic ring is 1. The van der Waals surface area contributed by atoms with Gasteiger partial charge in [-0.05, 0) is 56.4 Å². The van der Waals surface area contributed by atoms with E-state index in [4.69, 9.17) is 10.5 Å². The van der Waals surface area contributed by atoms with Crippen LogP contribution in [0, 0.1) is 6.92 Å². The summed E-state index contributed by atoms with van der Waals surface area (Å²) in [7, 11) is 0. The molecule has 1 saturated carbocycles. The van der Waals surface area contributed by atoms with E-state index in [0.29, 0.717) is 6.10 Å². The van der Waals surface area contributed by atoms with E-state index in [9.17, 15) is 0 Å². The molecule has 1 aliphatic heterocycles. The quantitative estimate of drug-likeness (QED) is 0.665. The molecule has 2 nitrogen and oxygen atoms in total. The highest BCUT2D eigenvalue weighted by molar-refractivity contribution is 7.99. The highest BCUT2D eigenvalue weighted by Gasteiger charge is 2.41. The van der Waals surface area contributed by atoms with E-state index < -0.39 is 0 Å². The van der Waals surface area contributed by atoms with Gasteiger partial charge >= 0.3 is 0 Å². The molecular formula is C16H23NOS. The summed E-state index contributed by atoms with van der Waals surface area (Å²) in [4.78, 5) is 1.34. The molecule has 104 valence electrons. The molecule has 3 heteroatoms. The van der Waals surface area contributed by atoms with Gasteiger partial charge in [0, 0.05) is 16.3 Å². The Labute approximate surface area is 120 Å². The minimum Gasteiger partial charge on any atom is -0.399 e. The molecule has 1 heterocycles. The summed E-state index contributed by atoms with van der Waals surface area (Å²) in [6.45, 7) is 2.13. The molecule has 0 radical (unpaired) electrons. The van der Waals surface area contributed by atoms with E-state index >= 15 is 0 Å². The number of rotatable bonds is 3. The third kappa shape index (κ3) is 2.92. The second-order valence-corrected chi connectivity index (χ2v) is 7.07. The van der Waals surface area contributed by atoms with Crippen molar-refractivity contribution in [3.63, 3.8) is 0 Å². The maximum atomic E-state index is 6.35. The summed E-state index contributed by atoms with van der Waals surface area (Å²) in [5.74, 6) is 1.08. The van der Waals surface area contributed by atoms with Crippen LogP contribution in [0.15, 0.2) is 23.1 Å². The van der Waals surface area contributed by atoms with E-state index in [0.717, 1.165) is 11.4 Å². The first-order chi connectivity index (χ1) is 9.17. The van der Waals surface area contributed by atoms with Crippen molar-refractivity contribution in [3.05, 3.63) is 23.8 Å². The van der Waals surface area contributed by atoms with Crippen molar-refractivity contribution in [3.8, 4) is 0 Å². The zero-order valence-corrected chi connectivity index (χ0v) is 12.5. The number of aryl methyl sites for hydroxylation is 1. The summed E-state index contributed by atoms with van der Waals surface area (Å²) < 4.78 is 6.35. The molecular weight excluding hydrogens is 254 g/mol. The number of hydrogen-bond donors (Lipinski definition) is 1. The van der Waals surface area contributed by atoms with Crippen molar-refractivity contribution in [2.24, 2.45) is 0 Å². The van der Waals surface area contributed by atoms with Gasteiger partial charge in [0.1, 0.15) is 0 Å². The lowest BCUT2D eigenvalue weighted by Gasteiger charge is -2.23. The first-order valence-corrected chi connectivity index (χ1v) is 8.32. The fourth-order valence-electron chi connectivity index (χ4n) is 3.42. The summed E-state index contributed by atoms with van der Waals surface area (Å²) in [5, 5.41) is 0. The highest BCUT2D eigenvalue weighted by atomic mass is 32.2. The molecule has 0 amide bonds. The van der Waals surface area contributed by atoms with Crippen LogP contribution in [-0.2, 0) is 4.74 Å². The van der Waals surface area contributed by atoms with Gasteiger partial charge in [0.25, 0.3) is 0 Å². The van der Waals surface area contributed by atoms with Crippen LogP contribution in [0.1, 0.15) is 44.1 Å². The summed E-state index contributed by atoms with van der Waals surface area (Å²) in [6, 6.07) is 6.18. The molecule has 0 bridgehead atoms. The van der Waals surface area contributed by atoms with Crippen LogP contribution < -0.4 is 5.73 Å². The van der Waals surface area contributed by atoms with E-state index in [-0.39, 0.29) is 5.60 Å². The van der Waals surface area contributed by atoms with E-state index in [1.807, 2.05) is 17.8 Å². The highest BCUT2D eigenvalue weighted by Crippen LogP contribution is 2.44. The third-order valence-corrected chi connectivity index (χ3v) is 5.78. The molecule has 1 atom stereocenters. The average molecular weight is 277 g/mol. The van der Waals surface area contributed by atoms with Crippen molar-refractivity contribution in [1.82, 2.24) is 0 Å². The molecule has 1 aromatic rings. The minimum absolute atomic E-state index is 0.265. The number of hydrogen-bond acceptors (Lipinski definition) is 3. The van der Waals surface area contributed by atoms with E-state index in [2.05, 4.69) is 19.1 Å². The second kappa shape index (κ2) is 5.37. The van der Waals surface area contributed by atoms with Crippen LogP contribution in [-0.4, -0.2) is 17.5 Å². The van der Waals surface area contributed by atoms with Gasteiger partial charge in [-0.25, -0.2) is 0 Å². The van der Waals surface area contributed by atoms with Crippen LogP contribution in [0.25, 0.3) is 0 Å². The molecule has 1 unspecified atom stereocenters. The van der Waals surface area contributed by atoms with Gasteiger partial charge in [0.2, 0.25) is 0 Å². The first kappa shape index (κ1) is 13.3. The van der Waals surface area contributed by atoms with Crippen LogP contribution in [0.5, 0.6) is 0 Å². The first-order valence-electron chi connectivity index (χ1n) is 7.34. The minimum atomic E-state index is 0.265. The number of ether oxygens (including phenoxy) is 1. The second-order valence-electron chi connectivity index (χ2n) is 6.00. The van der Waals surface area contributed by atoms with Crippen molar-refractivity contribution in [2.45, 2.75) is 62.0 Å². The van der Waals surface area contributed by atoms with Crippen molar-refractivity contribution >= 4 is 17.4 Å². The average Bonchev–Trinajstić information content (AvgIpc) is 2.99. The van der Waals surface area contributed by atoms with Crippen LogP contribution in [0.2, 0.25) is 0 Å². The predicted molar refractivity (Wildman–Crippen MR) is 81.6 cm³/mol. The maximum Gasteiger partial charge on any atom is 0.0687 e. The zero-order chi connectivity index (χ0) is 13.3. The van der Waals surface area contributed by atoms with Crippen molar-refractivity contribution in [2.75, 3.05) is 11.5 Å². The summed E-state index contributed by atoms with van der Waals surface area (Å²) in [6.07, 6.45) is 8.25. The number of nitrogens with two attached hydrogens (primary N) is 1. The van der Waals surface area contributed by atoms with Gasteiger partial charge in [-0.3, -0.25) is 0 Å². The lowest BCUT2D eigenvalue weighted by Crippen LogP contribution is -2.25. The van der Waals surface area contributed by atoms with Gasteiger partial charge in [-0.1, -0.05) is 12.8 Å². The van der Waals surface area contributed by atoms with Gasteiger partial charge in [-0.15, -0.1) is 11.8 Å². The Bertz CT molecular complexity index is 454. The van der Waals surface area contributed by atoms with E-state index in [1.165, 1.54) is 49.0 Å². The van der Waals surface area contributed by atoms with Crippen LogP contribution in [0.4, 0.5) is 5.69 Å². The third-order valence-electron chi connectivity index (χ3n) is 4.48. The molecule has 2 N–H and O–H groups in total. The van der Waals surface area contributed by atoms with E-state index in [1.54, 1.807) is 0 Å². The molecule has 1 aromatic carbocycles. The molecule has 2 aliphatic rings. The lowest BCUT2D eigenvalue weighted by atomic mass is 9.98. The van der Waals surface area contributed by atoms with Crippen molar-refractivity contribution in [1.29, 1.82) is 0 Å². The van der Waals surface area contributed by atoms with Gasteiger partial charge in [-0.2, -0.15) is 0 Å². The Kier molecular flexibility index (Phi) is 3.77. The molecule has 1 aliphatic carbocycles. The molecule has 19 heavy (non-hydrogen) atoms. The lowest BCUT2D eigenvalue weighted by molar-refractivity contribution is -0.0267. The molecule has 3 rings (SSSR count).